The Morgan fingerprint density at radius 1 is 1.38 bits per heavy atom. The van der Waals surface area contributed by atoms with Gasteiger partial charge in [0.05, 0.1) is 5.25 Å². The van der Waals surface area contributed by atoms with Crippen molar-refractivity contribution in [1.29, 1.82) is 0 Å². The lowest BCUT2D eigenvalue weighted by Crippen LogP contribution is -2.46. The molecule has 0 bridgehead atoms. The number of nitrogens with zero attached hydrogens (tertiary/aromatic N) is 4. The first-order chi connectivity index (χ1) is 11.7. The van der Waals surface area contributed by atoms with Crippen LogP contribution in [0.15, 0.2) is 34.2 Å². The van der Waals surface area contributed by atoms with Crippen molar-refractivity contribution in [3.63, 3.8) is 0 Å². The summed E-state index contributed by atoms with van der Waals surface area (Å²) >= 11 is 1.33. The fraction of sp³-hybridized carbons (Fsp3) is 0.529. The molecule has 2 atom stereocenters. The molecule has 0 aliphatic carbocycles. The summed E-state index contributed by atoms with van der Waals surface area (Å²) in [6.45, 7) is 4.91. The lowest BCUT2D eigenvalue weighted by molar-refractivity contribution is -0.134. The predicted molar refractivity (Wildman–Crippen MR) is 92.5 cm³/mol. The molecule has 128 valence electrons. The van der Waals surface area contributed by atoms with Gasteiger partial charge in [0.1, 0.15) is 0 Å². The third-order valence-electron chi connectivity index (χ3n) is 4.34. The van der Waals surface area contributed by atoms with E-state index in [-0.39, 0.29) is 11.2 Å². The average Bonchev–Trinajstić information content (AvgIpc) is 3.10. The number of amides is 1. The van der Waals surface area contributed by atoms with Crippen LogP contribution in [0.4, 0.5) is 0 Å². The molecule has 0 aromatic carbocycles. The van der Waals surface area contributed by atoms with Gasteiger partial charge in [-0.2, -0.15) is 0 Å². The van der Waals surface area contributed by atoms with Gasteiger partial charge in [-0.05, 0) is 44.7 Å². The largest absolute Gasteiger partial charge is 0.411 e. The number of carbonyl (C=O) groups excluding carboxylic acids is 1. The van der Waals surface area contributed by atoms with E-state index in [0.717, 1.165) is 31.4 Å². The van der Waals surface area contributed by atoms with Crippen LogP contribution in [0.2, 0.25) is 0 Å². The molecule has 1 aliphatic rings. The van der Waals surface area contributed by atoms with Crippen LogP contribution in [-0.4, -0.2) is 43.8 Å². The summed E-state index contributed by atoms with van der Waals surface area (Å²) in [6.07, 6.45) is 7.77. The topological polar surface area (TPSA) is 72.1 Å². The lowest BCUT2D eigenvalue weighted by atomic mass is 10.00. The molecule has 0 radical (unpaired) electrons. The fourth-order valence-electron chi connectivity index (χ4n) is 3.02. The van der Waals surface area contributed by atoms with Gasteiger partial charge in [0.2, 0.25) is 11.8 Å². The van der Waals surface area contributed by atoms with E-state index < -0.39 is 0 Å². The zero-order valence-corrected chi connectivity index (χ0v) is 14.8. The molecular weight excluding hydrogens is 324 g/mol. The standard InChI is InChI=1S/C17H22N4O2S/c1-3-14-6-4-5-11-21(14)16(22)12(2)24-17-20-19-15(23-17)13-7-9-18-10-8-13/h7-10,12,14H,3-6,11H2,1-2H3. The number of aromatic nitrogens is 3. The van der Waals surface area contributed by atoms with E-state index in [2.05, 4.69) is 22.1 Å². The van der Waals surface area contributed by atoms with E-state index in [1.54, 1.807) is 12.4 Å². The Balaban J connectivity index is 1.65. The van der Waals surface area contributed by atoms with Crippen molar-refractivity contribution in [1.82, 2.24) is 20.1 Å². The highest BCUT2D eigenvalue weighted by Crippen LogP contribution is 2.29. The molecule has 7 heteroatoms. The first kappa shape index (κ1) is 17.0. The molecule has 1 fully saturated rings. The van der Waals surface area contributed by atoms with Gasteiger partial charge in [-0.15, -0.1) is 10.2 Å². The molecule has 6 nitrogen and oxygen atoms in total. The van der Waals surface area contributed by atoms with Crippen LogP contribution in [0.3, 0.4) is 0 Å². The first-order valence-corrected chi connectivity index (χ1v) is 9.28. The van der Waals surface area contributed by atoms with Gasteiger partial charge in [-0.1, -0.05) is 18.7 Å². The Bertz CT molecular complexity index is 676. The van der Waals surface area contributed by atoms with Crippen LogP contribution in [0.1, 0.15) is 39.5 Å². The van der Waals surface area contributed by atoms with Crippen LogP contribution in [0.5, 0.6) is 0 Å². The summed E-state index contributed by atoms with van der Waals surface area (Å²) in [5.41, 5.74) is 0.824. The quantitative estimate of drug-likeness (QED) is 0.773. The number of piperidine rings is 1. The SMILES string of the molecule is CCC1CCCCN1C(=O)C(C)Sc1nnc(-c2ccncc2)o1. The van der Waals surface area contributed by atoms with Gasteiger partial charge in [0, 0.05) is 30.5 Å². The van der Waals surface area contributed by atoms with E-state index in [1.165, 1.54) is 18.2 Å². The van der Waals surface area contributed by atoms with Crippen LogP contribution in [-0.2, 0) is 4.79 Å². The molecule has 1 saturated heterocycles. The number of rotatable bonds is 5. The van der Waals surface area contributed by atoms with Gasteiger partial charge < -0.3 is 9.32 Å². The maximum absolute atomic E-state index is 12.8. The Kier molecular flexibility index (Phi) is 5.50. The van der Waals surface area contributed by atoms with E-state index in [4.69, 9.17) is 4.42 Å². The summed E-state index contributed by atoms with van der Waals surface area (Å²) in [7, 11) is 0. The number of likely N-dealkylation sites (tertiary alicyclic amines) is 1. The summed E-state index contributed by atoms with van der Waals surface area (Å²) in [4.78, 5) is 18.8. The molecule has 24 heavy (non-hydrogen) atoms. The van der Waals surface area contributed by atoms with Crippen molar-refractivity contribution in [2.75, 3.05) is 6.54 Å². The molecular formula is C17H22N4O2S. The highest BCUT2D eigenvalue weighted by Gasteiger charge is 2.30. The van der Waals surface area contributed by atoms with E-state index in [1.807, 2.05) is 24.0 Å². The second-order valence-electron chi connectivity index (χ2n) is 5.96. The van der Waals surface area contributed by atoms with E-state index in [9.17, 15) is 4.79 Å². The molecule has 2 aromatic heterocycles. The molecule has 2 aromatic rings. The van der Waals surface area contributed by atoms with Crippen molar-refractivity contribution in [2.45, 2.75) is 56.0 Å². The molecule has 2 unspecified atom stereocenters. The zero-order valence-electron chi connectivity index (χ0n) is 14.0. The monoisotopic (exact) mass is 346 g/mol. The van der Waals surface area contributed by atoms with Gasteiger partial charge in [0.15, 0.2) is 0 Å². The third-order valence-corrected chi connectivity index (χ3v) is 5.26. The van der Waals surface area contributed by atoms with Gasteiger partial charge >= 0.3 is 0 Å². The first-order valence-electron chi connectivity index (χ1n) is 8.40. The van der Waals surface area contributed by atoms with Gasteiger partial charge in [0.25, 0.3) is 5.22 Å². The van der Waals surface area contributed by atoms with Crippen molar-refractivity contribution in [3.05, 3.63) is 24.5 Å². The number of hydrogen-bond acceptors (Lipinski definition) is 6. The van der Waals surface area contributed by atoms with Crippen molar-refractivity contribution >= 4 is 17.7 Å². The van der Waals surface area contributed by atoms with Gasteiger partial charge in [-0.25, -0.2) is 0 Å². The van der Waals surface area contributed by atoms with Gasteiger partial charge in [-0.3, -0.25) is 9.78 Å². The van der Waals surface area contributed by atoms with E-state index in [0.29, 0.717) is 17.2 Å². The predicted octanol–water partition coefficient (Wildman–Crippen LogP) is 3.40. The van der Waals surface area contributed by atoms with Crippen LogP contribution in [0, 0.1) is 0 Å². The smallest absolute Gasteiger partial charge is 0.277 e. The summed E-state index contributed by atoms with van der Waals surface area (Å²) in [5.74, 6) is 0.610. The minimum Gasteiger partial charge on any atom is -0.411 e. The summed E-state index contributed by atoms with van der Waals surface area (Å²) in [5, 5.41) is 8.30. The number of pyridine rings is 1. The minimum atomic E-state index is -0.233. The van der Waals surface area contributed by atoms with Crippen molar-refractivity contribution in [3.8, 4) is 11.5 Å². The zero-order chi connectivity index (χ0) is 16.9. The highest BCUT2D eigenvalue weighted by atomic mass is 32.2. The molecule has 0 saturated carbocycles. The Labute approximate surface area is 146 Å². The molecule has 1 aliphatic heterocycles. The maximum atomic E-state index is 12.8. The van der Waals surface area contributed by atoms with Crippen LogP contribution < -0.4 is 0 Å². The average molecular weight is 346 g/mol. The normalized spacial score (nSPS) is 19.2. The summed E-state index contributed by atoms with van der Waals surface area (Å²) in [6, 6.07) is 4.00. The molecule has 0 N–H and O–H groups in total. The third kappa shape index (κ3) is 3.77. The van der Waals surface area contributed by atoms with E-state index >= 15 is 0 Å². The van der Waals surface area contributed by atoms with Crippen LogP contribution >= 0.6 is 11.8 Å². The molecule has 0 spiro atoms. The number of carbonyl (C=O) groups is 1. The minimum absolute atomic E-state index is 0.162. The summed E-state index contributed by atoms with van der Waals surface area (Å²) < 4.78 is 5.67. The highest BCUT2D eigenvalue weighted by molar-refractivity contribution is 8.00. The lowest BCUT2D eigenvalue weighted by Gasteiger charge is -2.36. The Morgan fingerprint density at radius 2 is 2.17 bits per heavy atom. The fourth-order valence-corrected chi connectivity index (χ4v) is 3.77. The molecule has 3 heterocycles. The Hall–Kier alpha value is -1.89. The number of thioether (sulfide) groups is 1. The van der Waals surface area contributed by atoms with Crippen molar-refractivity contribution in [2.24, 2.45) is 0 Å². The maximum Gasteiger partial charge on any atom is 0.277 e. The van der Waals surface area contributed by atoms with Crippen LogP contribution in [0.25, 0.3) is 11.5 Å². The second kappa shape index (κ2) is 7.79. The number of hydrogen-bond donors (Lipinski definition) is 0. The molecule has 3 rings (SSSR count). The molecule has 1 amide bonds. The van der Waals surface area contributed by atoms with Crippen molar-refractivity contribution < 1.29 is 9.21 Å². The second-order valence-corrected chi connectivity index (χ2v) is 7.25. The Morgan fingerprint density at radius 3 is 2.92 bits per heavy atom.